The Balaban J connectivity index is 1.84. The summed E-state index contributed by atoms with van der Waals surface area (Å²) in [5.74, 6) is 0.0472. The number of rotatable bonds is 2. The van der Waals surface area contributed by atoms with Gasteiger partial charge < -0.3 is 15.2 Å². The number of methoxy groups -OCH3 is 1. The predicted molar refractivity (Wildman–Crippen MR) is 104 cm³/mol. The smallest absolute Gasteiger partial charge is 0.335 e. The third-order valence-electron chi connectivity index (χ3n) is 7.38. The first kappa shape index (κ1) is 16.9. The van der Waals surface area contributed by atoms with Crippen molar-refractivity contribution in [2.24, 2.45) is 5.41 Å². The standard InChI is InChI=1S/C22H26N2O3/c1-4-21-6-5-8-24-9-7-22(20(21)24)15-10-13(2)17(25)11-16(15)23-18(22)14(12-21)19(26)27-3/h5-6,10-11,20,23,25H,4,7-9,12H2,1-3H3/t20-,21-,22-/m0/s1. The Morgan fingerprint density at radius 3 is 3.00 bits per heavy atom. The van der Waals surface area contributed by atoms with Crippen LogP contribution >= 0.6 is 0 Å². The molecule has 27 heavy (non-hydrogen) atoms. The van der Waals surface area contributed by atoms with Gasteiger partial charge in [0.1, 0.15) is 5.75 Å². The lowest BCUT2D eigenvalue weighted by Gasteiger charge is -2.53. The van der Waals surface area contributed by atoms with Gasteiger partial charge in [0, 0.05) is 42.0 Å². The number of ether oxygens (including phenoxy) is 1. The maximum atomic E-state index is 12.8. The molecule has 4 aliphatic rings. The second kappa shape index (κ2) is 5.38. The number of fused-ring (bicyclic) bond motifs is 1. The van der Waals surface area contributed by atoms with E-state index < -0.39 is 0 Å². The fourth-order valence-electron chi connectivity index (χ4n) is 6.21. The molecule has 0 radical (unpaired) electrons. The van der Waals surface area contributed by atoms with Gasteiger partial charge in [0.25, 0.3) is 0 Å². The summed E-state index contributed by atoms with van der Waals surface area (Å²) in [6, 6.07) is 4.25. The number of phenolic OH excluding ortho intramolecular Hbond substituents is 1. The second-order valence-electron chi connectivity index (χ2n) is 8.44. The number of carbonyl (C=O) groups is 1. The van der Waals surface area contributed by atoms with E-state index in [-0.39, 0.29) is 22.5 Å². The number of hydrogen-bond acceptors (Lipinski definition) is 5. The van der Waals surface area contributed by atoms with Gasteiger partial charge in [0.05, 0.1) is 18.1 Å². The van der Waals surface area contributed by atoms with Gasteiger partial charge >= 0.3 is 5.97 Å². The van der Waals surface area contributed by atoms with E-state index in [2.05, 4.69) is 35.4 Å². The Morgan fingerprint density at radius 1 is 1.44 bits per heavy atom. The number of anilines is 1. The molecule has 3 heterocycles. The van der Waals surface area contributed by atoms with Crippen LogP contribution in [-0.2, 0) is 14.9 Å². The summed E-state index contributed by atoms with van der Waals surface area (Å²) in [6.45, 7) is 6.14. The van der Waals surface area contributed by atoms with Crippen molar-refractivity contribution in [2.45, 2.75) is 44.6 Å². The van der Waals surface area contributed by atoms with Crippen molar-refractivity contribution in [3.63, 3.8) is 0 Å². The molecule has 0 saturated carbocycles. The quantitative estimate of drug-likeness (QED) is 0.622. The molecular weight excluding hydrogens is 340 g/mol. The summed E-state index contributed by atoms with van der Waals surface area (Å²) >= 11 is 0. The number of carbonyl (C=O) groups excluding carboxylic acids is 1. The molecule has 1 aromatic rings. The summed E-state index contributed by atoms with van der Waals surface area (Å²) in [5.41, 5.74) is 4.47. The zero-order valence-corrected chi connectivity index (χ0v) is 16.1. The molecule has 2 N–H and O–H groups in total. The largest absolute Gasteiger partial charge is 0.508 e. The van der Waals surface area contributed by atoms with E-state index in [0.717, 1.165) is 48.5 Å². The van der Waals surface area contributed by atoms with Crippen molar-refractivity contribution in [3.8, 4) is 5.75 Å². The van der Waals surface area contributed by atoms with Gasteiger partial charge in [-0.3, -0.25) is 4.90 Å². The fraction of sp³-hybridized carbons (Fsp3) is 0.500. The molecule has 5 rings (SSSR count). The van der Waals surface area contributed by atoms with Gasteiger partial charge in [0.2, 0.25) is 0 Å². The number of benzene rings is 1. The van der Waals surface area contributed by atoms with E-state index in [0.29, 0.717) is 12.5 Å². The molecule has 1 fully saturated rings. The van der Waals surface area contributed by atoms with Crippen LogP contribution in [0.25, 0.3) is 0 Å². The number of aromatic hydroxyl groups is 1. The summed E-state index contributed by atoms with van der Waals surface area (Å²) in [5, 5.41) is 13.8. The minimum atomic E-state index is -0.241. The highest BCUT2D eigenvalue weighted by atomic mass is 16.5. The number of hydrogen-bond donors (Lipinski definition) is 2. The van der Waals surface area contributed by atoms with Crippen LogP contribution in [-0.4, -0.2) is 42.2 Å². The minimum absolute atomic E-state index is 0.0726. The lowest BCUT2D eigenvalue weighted by atomic mass is 9.55. The molecule has 142 valence electrons. The van der Waals surface area contributed by atoms with Crippen molar-refractivity contribution in [3.05, 3.63) is 46.7 Å². The molecule has 5 nitrogen and oxygen atoms in total. The average Bonchev–Trinajstić information content (AvgIpc) is 3.22. The zero-order chi connectivity index (χ0) is 19.0. The normalized spacial score (nSPS) is 33.4. The monoisotopic (exact) mass is 366 g/mol. The van der Waals surface area contributed by atoms with E-state index in [9.17, 15) is 9.90 Å². The van der Waals surface area contributed by atoms with Crippen molar-refractivity contribution in [1.82, 2.24) is 4.90 Å². The number of esters is 1. The molecule has 1 aromatic carbocycles. The maximum Gasteiger partial charge on any atom is 0.335 e. The zero-order valence-electron chi connectivity index (χ0n) is 16.1. The molecule has 0 aromatic heterocycles. The number of phenols is 1. The van der Waals surface area contributed by atoms with E-state index in [4.69, 9.17) is 4.74 Å². The van der Waals surface area contributed by atoms with E-state index in [1.54, 1.807) is 0 Å². The molecule has 1 aliphatic carbocycles. The highest BCUT2D eigenvalue weighted by Gasteiger charge is 2.65. The van der Waals surface area contributed by atoms with Crippen molar-refractivity contribution < 1.29 is 14.6 Å². The molecule has 1 saturated heterocycles. The van der Waals surface area contributed by atoms with Gasteiger partial charge in [-0.15, -0.1) is 0 Å². The molecule has 1 spiro atoms. The van der Waals surface area contributed by atoms with Crippen LogP contribution < -0.4 is 5.32 Å². The van der Waals surface area contributed by atoms with Gasteiger partial charge in [0.15, 0.2) is 0 Å². The Kier molecular flexibility index (Phi) is 3.36. The first-order valence-electron chi connectivity index (χ1n) is 9.81. The first-order valence-corrected chi connectivity index (χ1v) is 9.81. The molecule has 5 heteroatoms. The summed E-state index contributed by atoms with van der Waals surface area (Å²) in [6.07, 6.45) is 7.26. The Labute approximate surface area is 159 Å². The van der Waals surface area contributed by atoms with Crippen LogP contribution in [0.1, 0.15) is 37.3 Å². The highest BCUT2D eigenvalue weighted by Crippen LogP contribution is 2.64. The van der Waals surface area contributed by atoms with Crippen molar-refractivity contribution >= 4 is 11.7 Å². The predicted octanol–water partition coefficient (Wildman–Crippen LogP) is 3.24. The van der Waals surface area contributed by atoms with E-state index in [1.165, 1.54) is 12.7 Å². The molecule has 3 atom stereocenters. The Morgan fingerprint density at radius 2 is 2.26 bits per heavy atom. The molecule has 3 aliphatic heterocycles. The van der Waals surface area contributed by atoms with E-state index >= 15 is 0 Å². The molecule has 0 bridgehead atoms. The minimum Gasteiger partial charge on any atom is -0.508 e. The topological polar surface area (TPSA) is 61.8 Å². The Bertz CT molecular complexity index is 918. The van der Waals surface area contributed by atoms with Gasteiger partial charge in [-0.25, -0.2) is 4.79 Å². The lowest BCUT2D eigenvalue weighted by Crippen LogP contribution is -2.58. The van der Waals surface area contributed by atoms with Crippen LogP contribution in [0, 0.1) is 12.3 Å². The highest BCUT2D eigenvalue weighted by molar-refractivity contribution is 5.93. The van der Waals surface area contributed by atoms with E-state index in [1.807, 2.05) is 13.0 Å². The number of nitrogens with zero attached hydrogens (tertiary/aromatic N) is 1. The average molecular weight is 366 g/mol. The summed E-state index contributed by atoms with van der Waals surface area (Å²) in [7, 11) is 1.46. The molecule has 0 amide bonds. The van der Waals surface area contributed by atoms with Crippen LogP contribution in [0.4, 0.5) is 5.69 Å². The van der Waals surface area contributed by atoms with Gasteiger partial charge in [-0.1, -0.05) is 19.1 Å². The van der Waals surface area contributed by atoms with Gasteiger partial charge in [-0.2, -0.15) is 0 Å². The van der Waals surface area contributed by atoms with Crippen LogP contribution in [0.5, 0.6) is 5.75 Å². The Hall–Kier alpha value is -2.27. The first-order chi connectivity index (χ1) is 13.0. The maximum absolute atomic E-state index is 12.8. The summed E-state index contributed by atoms with van der Waals surface area (Å²) < 4.78 is 5.19. The SMILES string of the molecule is CC[C@]12C=CCN3CC[C@]4(C(=C(C(=O)OC)C1)Nc1cc(O)c(C)cc14)[C@@H]32. The lowest BCUT2D eigenvalue weighted by molar-refractivity contribution is -0.137. The number of aryl methyl sites for hydroxylation is 1. The fourth-order valence-corrected chi connectivity index (χ4v) is 6.21. The number of nitrogens with one attached hydrogen (secondary N) is 1. The third kappa shape index (κ3) is 1.90. The van der Waals surface area contributed by atoms with Gasteiger partial charge in [-0.05, 0) is 43.4 Å². The van der Waals surface area contributed by atoms with Crippen molar-refractivity contribution in [1.29, 1.82) is 0 Å². The summed E-state index contributed by atoms with van der Waals surface area (Å²) in [4.78, 5) is 15.4. The van der Waals surface area contributed by atoms with Crippen LogP contribution in [0.15, 0.2) is 35.6 Å². The van der Waals surface area contributed by atoms with Crippen molar-refractivity contribution in [2.75, 3.05) is 25.5 Å². The third-order valence-corrected chi connectivity index (χ3v) is 7.38. The van der Waals surface area contributed by atoms with Crippen LogP contribution in [0.2, 0.25) is 0 Å². The van der Waals surface area contributed by atoms with Crippen LogP contribution in [0.3, 0.4) is 0 Å². The molecular formula is C22H26N2O3. The molecule has 0 unspecified atom stereocenters. The second-order valence-corrected chi connectivity index (χ2v) is 8.44.